The van der Waals surface area contributed by atoms with Gasteiger partial charge >= 0.3 is 6.09 Å². The fourth-order valence-corrected chi connectivity index (χ4v) is 2.27. The number of benzene rings is 1. The standard InChI is InChI=1S/C15H18N2O3/c1-10-2-6-12(7-3-10)17-9-13(20-15(17)19)8-16-14(18)11-4-5-11/h2-3,6-7,11,13H,4-5,8-9H2,1H3,(H,16,18)/t13-/m0/s1. The second kappa shape index (κ2) is 5.15. The second-order valence-corrected chi connectivity index (χ2v) is 5.47. The van der Waals surface area contributed by atoms with Gasteiger partial charge in [-0.2, -0.15) is 0 Å². The Morgan fingerprint density at radius 2 is 2.05 bits per heavy atom. The van der Waals surface area contributed by atoms with Crippen LogP contribution in [0.15, 0.2) is 24.3 Å². The van der Waals surface area contributed by atoms with Crippen LogP contribution >= 0.6 is 0 Å². The van der Waals surface area contributed by atoms with Gasteiger partial charge in [0.2, 0.25) is 5.91 Å². The highest BCUT2D eigenvalue weighted by Crippen LogP contribution is 2.29. The molecule has 1 N–H and O–H groups in total. The van der Waals surface area contributed by atoms with E-state index in [0.29, 0.717) is 13.1 Å². The van der Waals surface area contributed by atoms with E-state index in [1.807, 2.05) is 31.2 Å². The maximum Gasteiger partial charge on any atom is 0.414 e. The lowest BCUT2D eigenvalue weighted by atomic mass is 10.2. The van der Waals surface area contributed by atoms with Crippen molar-refractivity contribution in [2.24, 2.45) is 5.92 Å². The van der Waals surface area contributed by atoms with E-state index in [2.05, 4.69) is 5.32 Å². The van der Waals surface area contributed by atoms with Crippen molar-refractivity contribution >= 4 is 17.7 Å². The van der Waals surface area contributed by atoms with Crippen molar-refractivity contribution < 1.29 is 14.3 Å². The predicted octanol–water partition coefficient (Wildman–Crippen LogP) is 1.85. The highest BCUT2D eigenvalue weighted by molar-refractivity contribution is 5.89. The molecule has 2 aliphatic rings. The lowest BCUT2D eigenvalue weighted by Gasteiger charge is -2.13. The summed E-state index contributed by atoms with van der Waals surface area (Å²) < 4.78 is 5.28. The Bertz CT molecular complexity index is 522. The third-order valence-corrected chi connectivity index (χ3v) is 3.67. The minimum Gasteiger partial charge on any atom is -0.442 e. The largest absolute Gasteiger partial charge is 0.442 e. The minimum absolute atomic E-state index is 0.0786. The van der Waals surface area contributed by atoms with Crippen molar-refractivity contribution in [3.63, 3.8) is 0 Å². The molecule has 1 saturated heterocycles. The van der Waals surface area contributed by atoms with Crippen LogP contribution < -0.4 is 10.2 Å². The molecule has 5 nitrogen and oxygen atoms in total. The normalized spacial score (nSPS) is 21.8. The number of aryl methyl sites for hydroxylation is 1. The van der Waals surface area contributed by atoms with E-state index in [4.69, 9.17) is 4.74 Å². The van der Waals surface area contributed by atoms with E-state index in [0.717, 1.165) is 24.1 Å². The lowest BCUT2D eigenvalue weighted by molar-refractivity contribution is -0.122. The molecule has 2 fully saturated rings. The average Bonchev–Trinajstić information content (AvgIpc) is 3.21. The van der Waals surface area contributed by atoms with E-state index >= 15 is 0 Å². The number of amides is 2. The van der Waals surface area contributed by atoms with Gasteiger partial charge in [0, 0.05) is 11.6 Å². The first-order valence-electron chi connectivity index (χ1n) is 6.96. The fraction of sp³-hybridized carbons (Fsp3) is 0.467. The van der Waals surface area contributed by atoms with Crippen molar-refractivity contribution in [1.29, 1.82) is 0 Å². The van der Waals surface area contributed by atoms with Crippen molar-refractivity contribution in [2.75, 3.05) is 18.0 Å². The van der Waals surface area contributed by atoms with Gasteiger partial charge in [0.05, 0.1) is 13.1 Å². The van der Waals surface area contributed by atoms with E-state index in [1.54, 1.807) is 4.90 Å². The van der Waals surface area contributed by atoms with E-state index in [1.165, 1.54) is 0 Å². The molecule has 20 heavy (non-hydrogen) atoms. The number of carbonyl (C=O) groups excluding carboxylic acids is 2. The summed E-state index contributed by atoms with van der Waals surface area (Å²) in [6.45, 7) is 2.87. The van der Waals surface area contributed by atoms with Crippen LogP contribution in [0.3, 0.4) is 0 Å². The summed E-state index contributed by atoms with van der Waals surface area (Å²) in [6, 6.07) is 7.74. The zero-order valence-corrected chi connectivity index (χ0v) is 11.5. The van der Waals surface area contributed by atoms with Crippen LogP contribution in [0.5, 0.6) is 0 Å². The van der Waals surface area contributed by atoms with E-state index in [-0.39, 0.29) is 24.0 Å². The maximum absolute atomic E-state index is 11.9. The van der Waals surface area contributed by atoms with E-state index < -0.39 is 0 Å². The molecule has 0 radical (unpaired) electrons. The number of rotatable bonds is 4. The van der Waals surface area contributed by atoms with E-state index in [9.17, 15) is 9.59 Å². The molecule has 5 heteroatoms. The molecular weight excluding hydrogens is 256 g/mol. The fourth-order valence-electron chi connectivity index (χ4n) is 2.27. The monoisotopic (exact) mass is 274 g/mol. The van der Waals surface area contributed by atoms with Gasteiger partial charge in [-0.3, -0.25) is 9.69 Å². The molecule has 1 saturated carbocycles. The molecule has 1 aliphatic carbocycles. The highest BCUT2D eigenvalue weighted by Gasteiger charge is 2.34. The summed E-state index contributed by atoms with van der Waals surface area (Å²) in [5, 5.41) is 2.85. The molecule has 2 amide bonds. The average molecular weight is 274 g/mol. The zero-order valence-electron chi connectivity index (χ0n) is 11.5. The number of hydrogen-bond acceptors (Lipinski definition) is 3. The molecule has 0 bridgehead atoms. The zero-order chi connectivity index (χ0) is 14.1. The summed E-state index contributed by atoms with van der Waals surface area (Å²) in [5.41, 5.74) is 1.98. The number of anilines is 1. The quantitative estimate of drug-likeness (QED) is 0.911. The van der Waals surface area contributed by atoms with Gasteiger partial charge in [-0.15, -0.1) is 0 Å². The topological polar surface area (TPSA) is 58.6 Å². The first-order chi connectivity index (χ1) is 9.63. The highest BCUT2D eigenvalue weighted by atomic mass is 16.6. The lowest BCUT2D eigenvalue weighted by Crippen LogP contribution is -2.35. The SMILES string of the molecule is Cc1ccc(N2C[C@H](CNC(=O)C3CC3)OC2=O)cc1. The van der Waals surface area contributed by atoms with Crippen molar-refractivity contribution in [2.45, 2.75) is 25.9 Å². The second-order valence-electron chi connectivity index (χ2n) is 5.47. The number of carbonyl (C=O) groups is 2. The first-order valence-corrected chi connectivity index (χ1v) is 6.96. The summed E-state index contributed by atoms with van der Waals surface area (Å²) >= 11 is 0. The maximum atomic E-state index is 11.9. The van der Waals surface area contributed by atoms with Crippen LogP contribution in [0.2, 0.25) is 0 Å². The molecule has 1 aliphatic heterocycles. The van der Waals surface area contributed by atoms with Gasteiger partial charge < -0.3 is 10.1 Å². The molecule has 106 valence electrons. The molecule has 0 aromatic heterocycles. The Morgan fingerprint density at radius 3 is 2.70 bits per heavy atom. The molecule has 0 unspecified atom stereocenters. The van der Waals surface area contributed by atoms with Gasteiger partial charge in [0.15, 0.2) is 0 Å². The third-order valence-electron chi connectivity index (χ3n) is 3.67. The van der Waals surface area contributed by atoms with Crippen molar-refractivity contribution in [3.05, 3.63) is 29.8 Å². The molecule has 1 heterocycles. The molecule has 1 aromatic rings. The van der Waals surface area contributed by atoms with Crippen LogP contribution in [0.4, 0.5) is 10.5 Å². The van der Waals surface area contributed by atoms with Crippen LogP contribution in [-0.4, -0.2) is 31.2 Å². The number of nitrogens with zero attached hydrogens (tertiary/aromatic N) is 1. The Labute approximate surface area is 117 Å². The summed E-state index contributed by atoms with van der Waals surface area (Å²) in [7, 11) is 0. The summed E-state index contributed by atoms with van der Waals surface area (Å²) in [6.07, 6.45) is 1.34. The summed E-state index contributed by atoms with van der Waals surface area (Å²) in [5.74, 6) is 0.259. The van der Waals surface area contributed by atoms with Gasteiger partial charge in [-0.25, -0.2) is 4.79 Å². The Kier molecular flexibility index (Phi) is 3.34. The number of ether oxygens (including phenoxy) is 1. The molecule has 0 spiro atoms. The molecule has 1 aromatic carbocycles. The molecular formula is C15H18N2O3. The first kappa shape index (κ1) is 13.0. The Balaban J connectivity index is 1.57. The number of nitrogens with one attached hydrogen (secondary N) is 1. The number of hydrogen-bond donors (Lipinski definition) is 1. The smallest absolute Gasteiger partial charge is 0.414 e. The van der Waals surface area contributed by atoms with Crippen molar-refractivity contribution in [3.8, 4) is 0 Å². The summed E-state index contributed by atoms with van der Waals surface area (Å²) in [4.78, 5) is 25.0. The Hall–Kier alpha value is -2.04. The van der Waals surface area contributed by atoms with Crippen LogP contribution in [0.1, 0.15) is 18.4 Å². The van der Waals surface area contributed by atoms with Crippen molar-refractivity contribution in [1.82, 2.24) is 5.32 Å². The Morgan fingerprint density at radius 1 is 1.35 bits per heavy atom. The minimum atomic E-state index is -0.348. The van der Waals surface area contributed by atoms with Crippen LogP contribution in [0, 0.1) is 12.8 Å². The van der Waals surface area contributed by atoms with Gasteiger partial charge in [-0.05, 0) is 31.9 Å². The number of cyclic esters (lactones) is 1. The molecule has 3 rings (SSSR count). The van der Waals surface area contributed by atoms with Gasteiger partial charge in [-0.1, -0.05) is 17.7 Å². The van der Waals surface area contributed by atoms with Gasteiger partial charge in [0.25, 0.3) is 0 Å². The third kappa shape index (κ3) is 2.76. The van der Waals surface area contributed by atoms with Crippen LogP contribution in [0.25, 0.3) is 0 Å². The predicted molar refractivity (Wildman–Crippen MR) is 74.5 cm³/mol. The van der Waals surface area contributed by atoms with Crippen LogP contribution in [-0.2, 0) is 9.53 Å². The molecule has 1 atom stereocenters. The van der Waals surface area contributed by atoms with Gasteiger partial charge in [0.1, 0.15) is 6.10 Å².